The molecule has 0 aliphatic heterocycles. The van der Waals surface area contributed by atoms with E-state index < -0.39 is 0 Å². The van der Waals surface area contributed by atoms with Gasteiger partial charge in [0.2, 0.25) is 0 Å². The van der Waals surface area contributed by atoms with Crippen LogP contribution in [0.2, 0.25) is 5.02 Å². The standard InChI is InChI=1S/C13H12ClFN2S/c14-9-4-3-8(10(15)6-9)5-11-12(7-1-2-7)17-13(16)18-11/h3-4,6-7H,1-2,5H2,(H2,16,17). The minimum absolute atomic E-state index is 0.267. The summed E-state index contributed by atoms with van der Waals surface area (Å²) in [5.74, 6) is 0.264. The van der Waals surface area contributed by atoms with Crippen molar-refractivity contribution in [1.82, 2.24) is 4.98 Å². The predicted molar refractivity (Wildman–Crippen MR) is 72.7 cm³/mol. The summed E-state index contributed by atoms with van der Waals surface area (Å²) in [5, 5.41) is 0.990. The molecule has 0 amide bonds. The molecule has 94 valence electrons. The molecule has 5 heteroatoms. The molecule has 2 aromatic rings. The first-order valence-corrected chi connectivity index (χ1v) is 7.02. The first-order chi connectivity index (χ1) is 8.63. The van der Waals surface area contributed by atoms with Crippen LogP contribution in [0, 0.1) is 5.82 Å². The number of anilines is 1. The summed E-state index contributed by atoms with van der Waals surface area (Å²) in [5.41, 5.74) is 7.46. The Morgan fingerprint density at radius 2 is 2.22 bits per heavy atom. The fourth-order valence-corrected chi connectivity index (χ4v) is 3.12. The third-order valence-corrected chi connectivity index (χ3v) is 4.21. The van der Waals surface area contributed by atoms with Crippen LogP contribution < -0.4 is 5.73 Å². The lowest BCUT2D eigenvalue weighted by Gasteiger charge is -2.03. The maximum absolute atomic E-state index is 13.8. The van der Waals surface area contributed by atoms with E-state index in [1.54, 1.807) is 12.1 Å². The molecule has 0 spiro atoms. The van der Waals surface area contributed by atoms with Crippen LogP contribution in [-0.2, 0) is 6.42 Å². The van der Waals surface area contributed by atoms with Gasteiger partial charge in [0.25, 0.3) is 0 Å². The van der Waals surface area contributed by atoms with Gasteiger partial charge in [0.05, 0.1) is 5.69 Å². The number of halogens is 2. The predicted octanol–water partition coefficient (Wildman–Crippen LogP) is 3.99. The van der Waals surface area contributed by atoms with Crippen LogP contribution in [0.25, 0.3) is 0 Å². The number of nitrogen functional groups attached to an aromatic ring is 1. The Kier molecular flexibility index (Phi) is 2.99. The normalized spacial score (nSPS) is 15.0. The highest BCUT2D eigenvalue weighted by Gasteiger charge is 2.29. The van der Waals surface area contributed by atoms with Crippen molar-refractivity contribution in [3.63, 3.8) is 0 Å². The zero-order valence-electron chi connectivity index (χ0n) is 9.62. The number of nitrogens with two attached hydrogens (primary N) is 1. The second-order valence-electron chi connectivity index (χ2n) is 4.55. The Hall–Kier alpha value is -1.13. The fraction of sp³-hybridized carbons (Fsp3) is 0.308. The Bertz CT molecular complexity index is 593. The molecule has 1 fully saturated rings. The SMILES string of the molecule is Nc1nc(C2CC2)c(Cc2ccc(Cl)cc2F)s1. The molecule has 3 rings (SSSR count). The van der Waals surface area contributed by atoms with E-state index in [2.05, 4.69) is 4.98 Å². The van der Waals surface area contributed by atoms with E-state index in [1.807, 2.05) is 0 Å². The van der Waals surface area contributed by atoms with E-state index in [4.69, 9.17) is 17.3 Å². The molecule has 1 heterocycles. The minimum atomic E-state index is -0.267. The maximum atomic E-state index is 13.8. The van der Waals surface area contributed by atoms with Crippen molar-refractivity contribution in [2.75, 3.05) is 5.73 Å². The highest BCUT2D eigenvalue weighted by Crippen LogP contribution is 2.43. The van der Waals surface area contributed by atoms with Crippen LogP contribution in [0.3, 0.4) is 0 Å². The average Bonchev–Trinajstić information content (AvgIpc) is 3.08. The number of hydrogen-bond donors (Lipinski definition) is 1. The molecule has 2 N–H and O–H groups in total. The molecular weight excluding hydrogens is 271 g/mol. The molecule has 0 atom stereocenters. The Morgan fingerprint density at radius 3 is 2.89 bits per heavy atom. The van der Waals surface area contributed by atoms with Crippen LogP contribution in [0.5, 0.6) is 0 Å². The average molecular weight is 283 g/mol. The molecule has 1 saturated carbocycles. The highest BCUT2D eigenvalue weighted by atomic mass is 35.5. The Morgan fingerprint density at radius 1 is 1.44 bits per heavy atom. The van der Waals surface area contributed by atoms with E-state index in [1.165, 1.54) is 30.2 Å². The van der Waals surface area contributed by atoms with E-state index >= 15 is 0 Å². The Balaban J connectivity index is 1.91. The number of aromatic nitrogens is 1. The lowest BCUT2D eigenvalue weighted by Crippen LogP contribution is -1.94. The largest absolute Gasteiger partial charge is 0.375 e. The van der Waals surface area contributed by atoms with Crippen molar-refractivity contribution in [1.29, 1.82) is 0 Å². The third kappa shape index (κ3) is 2.35. The molecule has 1 aromatic carbocycles. The second-order valence-corrected chi connectivity index (χ2v) is 6.10. The molecule has 18 heavy (non-hydrogen) atoms. The molecule has 1 aromatic heterocycles. The van der Waals surface area contributed by atoms with E-state index in [-0.39, 0.29) is 5.82 Å². The molecule has 1 aliphatic rings. The van der Waals surface area contributed by atoms with Crippen molar-refractivity contribution in [2.24, 2.45) is 0 Å². The van der Waals surface area contributed by atoms with Crippen LogP contribution in [0.4, 0.5) is 9.52 Å². The summed E-state index contributed by atoms with van der Waals surface area (Å²) < 4.78 is 13.8. The van der Waals surface area contributed by atoms with Crippen LogP contribution in [0.1, 0.15) is 34.9 Å². The summed E-state index contributed by atoms with van der Waals surface area (Å²) in [4.78, 5) is 5.44. The van der Waals surface area contributed by atoms with Gasteiger partial charge < -0.3 is 5.73 Å². The molecule has 0 unspecified atom stereocenters. The minimum Gasteiger partial charge on any atom is -0.375 e. The summed E-state index contributed by atoms with van der Waals surface area (Å²) in [6.07, 6.45) is 2.88. The van der Waals surface area contributed by atoms with Gasteiger partial charge in [-0.15, -0.1) is 11.3 Å². The molecule has 2 nitrogen and oxygen atoms in total. The highest BCUT2D eigenvalue weighted by molar-refractivity contribution is 7.15. The molecule has 0 radical (unpaired) electrons. The van der Waals surface area contributed by atoms with Crippen molar-refractivity contribution in [3.8, 4) is 0 Å². The molecule has 0 bridgehead atoms. The zero-order chi connectivity index (χ0) is 12.7. The van der Waals surface area contributed by atoms with E-state index in [0.717, 1.165) is 10.6 Å². The van der Waals surface area contributed by atoms with Crippen molar-refractivity contribution < 1.29 is 4.39 Å². The smallest absolute Gasteiger partial charge is 0.180 e. The van der Waals surface area contributed by atoms with Crippen molar-refractivity contribution >= 4 is 28.1 Å². The van der Waals surface area contributed by atoms with Crippen LogP contribution in [0.15, 0.2) is 18.2 Å². The summed E-state index contributed by atoms with van der Waals surface area (Å²) in [6, 6.07) is 4.78. The number of hydrogen-bond acceptors (Lipinski definition) is 3. The molecule has 1 aliphatic carbocycles. The van der Waals surface area contributed by atoms with Gasteiger partial charge in [0, 0.05) is 22.2 Å². The van der Waals surface area contributed by atoms with Crippen LogP contribution in [-0.4, -0.2) is 4.98 Å². The molecular formula is C13H12ClFN2S. The van der Waals surface area contributed by atoms with Gasteiger partial charge in [-0.3, -0.25) is 0 Å². The number of benzene rings is 1. The fourth-order valence-electron chi connectivity index (χ4n) is 2.02. The van der Waals surface area contributed by atoms with Gasteiger partial charge in [-0.05, 0) is 30.5 Å². The number of thiazole rings is 1. The first-order valence-electron chi connectivity index (χ1n) is 5.82. The van der Waals surface area contributed by atoms with Crippen molar-refractivity contribution in [2.45, 2.75) is 25.2 Å². The Labute approximate surface area is 114 Å². The lowest BCUT2D eigenvalue weighted by atomic mass is 10.1. The van der Waals surface area contributed by atoms with E-state index in [9.17, 15) is 4.39 Å². The van der Waals surface area contributed by atoms with E-state index in [0.29, 0.717) is 28.1 Å². The van der Waals surface area contributed by atoms with Gasteiger partial charge in [-0.2, -0.15) is 0 Å². The van der Waals surface area contributed by atoms with Crippen molar-refractivity contribution in [3.05, 3.63) is 45.2 Å². The van der Waals surface area contributed by atoms with Gasteiger partial charge in [-0.25, -0.2) is 9.37 Å². The first kappa shape index (κ1) is 11.9. The third-order valence-electron chi connectivity index (χ3n) is 3.07. The lowest BCUT2D eigenvalue weighted by molar-refractivity contribution is 0.614. The summed E-state index contributed by atoms with van der Waals surface area (Å²) in [7, 11) is 0. The molecule has 0 saturated heterocycles. The van der Waals surface area contributed by atoms with Gasteiger partial charge in [0.1, 0.15) is 5.82 Å². The van der Waals surface area contributed by atoms with Crippen LogP contribution >= 0.6 is 22.9 Å². The topological polar surface area (TPSA) is 38.9 Å². The second kappa shape index (κ2) is 4.52. The van der Waals surface area contributed by atoms with Gasteiger partial charge in [-0.1, -0.05) is 17.7 Å². The van der Waals surface area contributed by atoms with Gasteiger partial charge in [0.15, 0.2) is 5.13 Å². The maximum Gasteiger partial charge on any atom is 0.180 e. The van der Waals surface area contributed by atoms with Gasteiger partial charge >= 0.3 is 0 Å². The quantitative estimate of drug-likeness (QED) is 0.924. The summed E-state index contributed by atoms with van der Waals surface area (Å²) in [6.45, 7) is 0. The monoisotopic (exact) mass is 282 g/mol. The number of rotatable bonds is 3. The zero-order valence-corrected chi connectivity index (χ0v) is 11.2. The number of nitrogens with zero attached hydrogens (tertiary/aromatic N) is 1. The summed E-state index contributed by atoms with van der Waals surface area (Å²) >= 11 is 7.20.